The van der Waals surface area contributed by atoms with E-state index < -0.39 is 11.0 Å². The van der Waals surface area contributed by atoms with Gasteiger partial charge in [0.15, 0.2) is 5.78 Å². The van der Waals surface area contributed by atoms with Crippen LogP contribution in [0.2, 0.25) is 0 Å². The van der Waals surface area contributed by atoms with Crippen molar-refractivity contribution in [3.05, 3.63) is 86.6 Å². The number of aryl methyl sites for hydroxylation is 1. The molecule has 9 heteroatoms. The van der Waals surface area contributed by atoms with Crippen LogP contribution in [0.5, 0.6) is 0 Å². The fraction of sp³-hybridized carbons (Fsp3) is 0.261. The normalized spacial score (nSPS) is 17.5. The molecule has 0 unspecified atom stereocenters. The van der Waals surface area contributed by atoms with Gasteiger partial charge >= 0.3 is 0 Å². The third-order valence-corrected chi connectivity index (χ3v) is 6.78. The molecule has 1 atom stereocenters. The fourth-order valence-corrected chi connectivity index (χ4v) is 5.19. The summed E-state index contributed by atoms with van der Waals surface area (Å²) in [5.74, 6) is 1.21. The number of anilines is 1. The number of fused-ring (bicyclic) bond motifs is 1. The Hall–Kier alpha value is -3.46. The van der Waals surface area contributed by atoms with Crippen molar-refractivity contribution in [2.45, 2.75) is 43.1 Å². The Kier molecular flexibility index (Phi) is 5.26. The predicted molar refractivity (Wildman–Crippen MR) is 122 cm³/mol. The lowest BCUT2D eigenvalue weighted by molar-refractivity contribution is -0.385. The van der Waals surface area contributed by atoms with Gasteiger partial charge in [0.2, 0.25) is 11.1 Å². The number of nitro groups is 1. The number of nitrogens with zero attached hydrogens (tertiary/aromatic N) is 4. The van der Waals surface area contributed by atoms with Crippen LogP contribution >= 0.6 is 11.8 Å². The standard InChI is InChI=1S/C23H21N5O3S/c1-14-7-2-3-8-15(14)13-32-23-25-22-24-17-10-6-12-19(29)20(17)21(27(22)26-23)16-9-4-5-11-18(16)28(30)31/h2-5,7-9,11,21H,6,10,12-13H2,1H3,(H,24,25,26)/t21-/m0/s1. The van der Waals surface area contributed by atoms with E-state index in [-0.39, 0.29) is 11.5 Å². The van der Waals surface area contributed by atoms with Crippen molar-refractivity contribution in [3.63, 3.8) is 0 Å². The first kappa shape index (κ1) is 20.4. The number of aromatic nitrogens is 3. The summed E-state index contributed by atoms with van der Waals surface area (Å²) in [7, 11) is 0. The minimum absolute atomic E-state index is 0.00263. The van der Waals surface area contributed by atoms with Crippen LogP contribution in [0.1, 0.15) is 42.0 Å². The second-order valence-electron chi connectivity index (χ2n) is 7.89. The summed E-state index contributed by atoms with van der Waals surface area (Å²) in [6.45, 7) is 2.07. The number of thioether (sulfide) groups is 1. The Morgan fingerprint density at radius 1 is 1.19 bits per heavy atom. The topological polar surface area (TPSA) is 103 Å². The van der Waals surface area contributed by atoms with Crippen molar-refractivity contribution < 1.29 is 9.72 Å². The zero-order valence-corrected chi connectivity index (χ0v) is 18.3. The molecule has 1 N–H and O–H groups in total. The average Bonchev–Trinajstić information content (AvgIpc) is 3.20. The summed E-state index contributed by atoms with van der Waals surface area (Å²) in [5.41, 5.74) is 4.16. The van der Waals surface area contributed by atoms with Gasteiger partial charge in [-0.2, -0.15) is 4.98 Å². The van der Waals surface area contributed by atoms with Gasteiger partial charge in [0.1, 0.15) is 6.04 Å². The molecule has 2 heterocycles. The van der Waals surface area contributed by atoms with Gasteiger partial charge in [-0.1, -0.05) is 48.2 Å². The number of benzene rings is 2. The van der Waals surface area contributed by atoms with E-state index in [1.807, 2.05) is 12.1 Å². The predicted octanol–water partition coefficient (Wildman–Crippen LogP) is 4.81. The van der Waals surface area contributed by atoms with Crippen molar-refractivity contribution in [1.82, 2.24) is 14.8 Å². The van der Waals surface area contributed by atoms with E-state index >= 15 is 0 Å². The molecule has 5 rings (SSSR count). The second-order valence-corrected chi connectivity index (χ2v) is 8.83. The number of hydrogen-bond acceptors (Lipinski definition) is 7. The number of nitrogens with one attached hydrogen (secondary N) is 1. The molecule has 1 aromatic heterocycles. The third-order valence-electron chi connectivity index (χ3n) is 5.89. The molecule has 0 fully saturated rings. The third kappa shape index (κ3) is 3.58. The van der Waals surface area contributed by atoms with E-state index in [9.17, 15) is 14.9 Å². The SMILES string of the molecule is Cc1ccccc1CSc1nc2n(n1)[C@@H](c1ccccc1[N+](=O)[O-])C1=C(CCCC1=O)N2. The number of carbonyl (C=O) groups is 1. The maximum atomic E-state index is 12.9. The van der Waals surface area contributed by atoms with Crippen molar-refractivity contribution in [3.8, 4) is 0 Å². The lowest BCUT2D eigenvalue weighted by Crippen LogP contribution is -2.31. The van der Waals surface area contributed by atoms with Crippen LogP contribution in [0.15, 0.2) is 65.0 Å². The van der Waals surface area contributed by atoms with Gasteiger partial charge in [0, 0.05) is 29.5 Å². The van der Waals surface area contributed by atoms with Crippen molar-refractivity contribution in [2.75, 3.05) is 5.32 Å². The first-order valence-corrected chi connectivity index (χ1v) is 11.4. The van der Waals surface area contributed by atoms with E-state index in [2.05, 4.69) is 34.5 Å². The van der Waals surface area contributed by atoms with Crippen LogP contribution in [0.25, 0.3) is 0 Å². The van der Waals surface area contributed by atoms with Crippen LogP contribution in [-0.2, 0) is 10.5 Å². The smallest absolute Gasteiger partial charge is 0.275 e. The summed E-state index contributed by atoms with van der Waals surface area (Å²) in [5, 5.41) is 20.3. The zero-order chi connectivity index (χ0) is 22.2. The molecular formula is C23H21N5O3S. The molecule has 8 nitrogen and oxygen atoms in total. The quantitative estimate of drug-likeness (QED) is 0.340. The van der Waals surface area contributed by atoms with E-state index in [1.165, 1.54) is 29.0 Å². The highest BCUT2D eigenvalue weighted by molar-refractivity contribution is 7.98. The molecule has 2 aliphatic rings. The Morgan fingerprint density at radius 2 is 1.97 bits per heavy atom. The van der Waals surface area contributed by atoms with Crippen molar-refractivity contribution >= 4 is 29.2 Å². The van der Waals surface area contributed by atoms with E-state index in [1.54, 1.807) is 22.9 Å². The summed E-state index contributed by atoms with van der Waals surface area (Å²) in [6, 6.07) is 14.0. The molecule has 1 aliphatic heterocycles. The Balaban J connectivity index is 1.57. The lowest BCUT2D eigenvalue weighted by atomic mass is 9.85. The average molecular weight is 448 g/mol. The number of ketones is 1. The molecule has 32 heavy (non-hydrogen) atoms. The number of Topliss-reactive ketones (excluding diaryl/α,β-unsaturated/α-hetero) is 1. The van der Waals surface area contributed by atoms with Gasteiger partial charge in [-0.3, -0.25) is 14.9 Å². The molecule has 2 aromatic carbocycles. The molecule has 3 aromatic rings. The number of rotatable bonds is 5. The summed E-state index contributed by atoms with van der Waals surface area (Å²) in [6.07, 6.45) is 1.88. The van der Waals surface area contributed by atoms with Gasteiger partial charge < -0.3 is 5.32 Å². The number of carbonyl (C=O) groups excluding carboxylic acids is 1. The van der Waals surface area contributed by atoms with Crippen molar-refractivity contribution in [1.29, 1.82) is 0 Å². The van der Waals surface area contributed by atoms with E-state index in [0.29, 0.717) is 40.8 Å². The van der Waals surface area contributed by atoms with Gasteiger partial charge in [-0.25, -0.2) is 4.68 Å². The molecule has 0 saturated carbocycles. The summed E-state index contributed by atoms with van der Waals surface area (Å²) >= 11 is 1.50. The van der Waals surface area contributed by atoms with E-state index in [0.717, 1.165) is 12.1 Å². The highest BCUT2D eigenvalue weighted by Crippen LogP contribution is 2.43. The van der Waals surface area contributed by atoms with Gasteiger partial charge in [-0.15, -0.1) is 5.10 Å². The molecule has 0 saturated heterocycles. The fourth-order valence-electron chi connectivity index (χ4n) is 4.28. The maximum absolute atomic E-state index is 12.9. The van der Waals surface area contributed by atoms with Gasteiger partial charge in [0.25, 0.3) is 5.69 Å². The Bertz CT molecular complexity index is 1270. The molecule has 0 spiro atoms. The molecule has 1 aliphatic carbocycles. The van der Waals surface area contributed by atoms with Gasteiger partial charge in [0.05, 0.1) is 10.5 Å². The largest absolute Gasteiger partial charge is 0.328 e. The Morgan fingerprint density at radius 3 is 2.78 bits per heavy atom. The maximum Gasteiger partial charge on any atom is 0.275 e. The number of allylic oxidation sites excluding steroid dienone is 2. The molecular weight excluding hydrogens is 426 g/mol. The van der Waals surface area contributed by atoms with E-state index in [4.69, 9.17) is 0 Å². The monoisotopic (exact) mass is 447 g/mol. The highest BCUT2D eigenvalue weighted by Gasteiger charge is 2.39. The van der Waals surface area contributed by atoms with Crippen LogP contribution in [0.4, 0.5) is 11.6 Å². The first-order chi connectivity index (χ1) is 15.5. The van der Waals surface area contributed by atoms with Gasteiger partial charge in [-0.05, 0) is 37.0 Å². The second kappa shape index (κ2) is 8.23. The van der Waals surface area contributed by atoms with Crippen LogP contribution in [0, 0.1) is 17.0 Å². The number of para-hydroxylation sites is 1. The Labute approximate surface area is 188 Å². The van der Waals surface area contributed by atoms with Crippen molar-refractivity contribution in [2.24, 2.45) is 0 Å². The highest BCUT2D eigenvalue weighted by atomic mass is 32.2. The summed E-state index contributed by atoms with van der Waals surface area (Å²) < 4.78 is 1.63. The molecule has 162 valence electrons. The molecule has 0 amide bonds. The minimum atomic E-state index is -0.670. The van der Waals surface area contributed by atoms with Crippen LogP contribution < -0.4 is 5.32 Å². The minimum Gasteiger partial charge on any atom is -0.328 e. The molecule has 0 radical (unpaired) electrons. The lowest BCUT2D eigenvalue weighted by Gasteiger charge is -2.31. The number of nitro benzene ring substituents is 1. The zero-order valence-electron chi connectivity index (χ0n) is 17.4. The van der Waals surface area contributed by atoms with Crippen LogP contribution in [0.3, 0.4) is 0 Å². The first-order valence-electron chi connectivity index (χ1n) is 10.4. The molecule has 0 bridgehead atoms. The number of hydrogen-bond donors (Lipinski definition) is 1. The van der Waals surface area contributed by atoms with Crippen LogP contribution in [-0.4, -0.2) is 25.5 Å². The summed E-state index contributed by atoms with van der Waals surface area (Å²) in [4.78, 5) is 28.9.